The molecule has 2 aromatic rings. The zero-order valence-corrected chi connectivity index (χ0v) is 17.5. The molecule has 0 aliphatic carbocycles. The minimum absolute atomic E-state index is 0.124. The molecule has 1 unspecified atom stereocenters. The number of nitrogens with zero attached hydrogens (tertiary/aromatic N) is 5. The highest BCUT2D eigenvalue weighted by Gasteiger charge is 2.36. The van der Waals surface area contributed by atoms with Gasteiger partial charge in [0.1, 0.15) is 11.8 Å². The fourth-order valence-corrected chi connectivity index (χ4v) is 4.73. The van der Waals surface area contributed by atoms with Crippen molar-refractivity contribution in [2.24, 2.45) is 9.98 Å². The number of carbonyl (C=O) groups excluding carboxylic acids is 1. The van der Waals surface area contributed by atoms with E-state index in [0.29, 0.717) is 43.8 Å². The van der Waals surface area contributed by atoms with E-state index in [1.807, 2.05) is 34.5 Å². The minimum Gasteiger partial charge on any atom is -0.378 e. The topological polar surface area (TPSA) is 96.1 Å². The van der Waals surface area contributed by atoms with Crippen LogP contribution in [0.15, 0.2) is 39.9 Å². The van der Waals surface area contributed by atoms with Gasteiger partial charge in [-0.3, -0.25) is 15.1 Å². The summed E-state index contributed by atoms with van der Waals surface area (Å²) in [6, 6.07) is 4.03. The Labute approximate surface area is 178 Å². The van der Waals surface area contributed by atoms with Crippen LogP contribution in [0.1, 0.15) is 24.5 Å². The maximum Gasteiger partial charge on any atom is 0.243 e. The quantitative estimate of drug-likeness (QED) is 0.762. The fraction of sp³-hybridized carbons (Fsp3) is 0.500. The van der Waals surface area contributed by atoms with Crippen molar-refractivity contribution >= 4 is 29.0 Å². The van der Waals surface area contributed by atoms with E-state index < -0.39 is 5.92 Å². The summed E-state index contributed by atoms with van der Waals surface area (Å²) in [4.78, 5) is 29.7. The Morgan fingerprint density at radius 3 is 2.83 bits per heavy atom. The highest BCUT2D eigenvalue weighted by Crippen LogP contribution is 2.27. The largest absolute Gasteiger partial charge is 0.378 e. The molecular weight excluding hydrogens is 402 g/mol. The SMILES string of the molecule is O=C1NC(N2CCOCC2)=NC(=N[C@@H]2CCCNC2)C1c1csc(-n2cccc2)n1. The number of aliphatic imine (C=N–C) groups is 2. The van der Waals surface area contributed by atoms with Gasteiger partial charge in [-0.1, -0.05) is 0 Å². The van der Waals surface area contributed by atoms with E-state index in [9.17, 15) is 4.79 Å². The van der Waals surface area contributed by atoms with Crippen molar-refractivity contribution in [2.45, 2.75) is 24.8 Å². The van der Waals surface area contributed by atoms with E-state index in [0.717, 1.165) is 31.1 Å². The van der Waals surface area contributed by atoms with Gasteiger partial charge in [0.05, 0.1) is 24.9 Å². The summed E-state index contributed by atoms with van der Waals surface area (Å²) in [5.74, 6) is 0.400. The Bertz CT molecular complexity index is 940. The van der Waals surface area contributed by atoms with E-state index in [4.69, 9.17) is 19.7 Å². The first-order chi connectivity index (χ1) is 14.8. The number of nitrogens with one attached hydrogen (secondary N) is 2. The highest BCUT2D eigenvalue weighted by molar-refractivity contribution is 7.12. The second-order valence-electron chi connectivity index (χ2n) is 7.59. The van der Waals surface area contributed by atoms with Crippen LogP contribution in [-0.2, 0) is 9.53 Å². The lowest BCUT2D eigenvalue weighted by Gasteiger charge is -2.33. The standard InChI is InChI=1S/C20H25N7O2S/c28-18-16(15-13-30-20(23-15)27-6-1-2-7-27)17(22-14-4-3-5-21-12-14)24-19(25-18)26-8-10-29-11-9-26/h1-2,6-7,13-14,16,21H,3-5,8-12H2,(H,22,24,25,28)/t14-,16?/m1/s1. The number of carbonyl (C=O) groups is 1. The van der Waals surface area contributed by atoms with Gasteiger partial charge in [0.2, 0.25) is 11.9 Å². The van der Waals surface area contributed by atoms with Gasteiger partial charge < -0.3 is 19.5 Å². The van der Waals surface area contributed by atoms with E-state index in [2.05, 4.69) is 15.5 Å². The average molecular weight is 428 g/mol. The molecule has 3 aliphatic rings. The molecule has 1 amide bonds. The highest BCUT2D eigenvalue weighted by atomic mass is 32.1. The van der Waals surface area contributed by atoms with Gasteiger partial charge in [-0.25, -0.2) is 4.98 Å². The predicted molar refractivity (Wildman–Crippen MR) is 115 cm³/mol. The zero-order valence-electron chi connectivity index (χ0n) is 16.7. The van der Waals surface area contributed by atoms with Crippen LogP contribution in [0, 0.1) is 0 Å². The molecular formula is C20H25N7O2S. The molecule has 3 aliphatic heterocycles. The number of amidine groups is 1. The van der Waals surface area contributed by atoms with Crippen molar-refractivity contribution in [3.63, 3.8) is 0 Å². The smallest absolute Gasteiger partial charge is 0.243 e. The second-order valence-corrected chi connectivity index (χ2v) is 8.43. The Kier molecular flexibility index (Phi) is 5.60. The van der Waals surface area contributed by atoms with Crippen LogP contribution in [0.2, 0.25) is 0 Å². The van der Waals surface area contributed by atoms with Gasteiger partial charge >= 0.3 is 0 Å². The number of morpholine rings is 1. The maximum absolute atomic E-state index is 13.2. The predicted octanol–water partition coefficient (Wildman–Crippen LogP) is 0.986. The van der Waals surface area contributed by atoms with Crippen LogP contribution in [0.4, 0.5) is 0 Å². The van der Waals surface area contributed by atoms with Crippen molar-refractivity contribution < 1.29 is 9.53 Å². The molecule has 2 N–H and O–H groups in total. The average Bonchev–Trinajstić information content (AvgIpc) is 3.47. The molecule has 5 heterocycles. The number of aromatic nitrogens is 2. The van der Waals surface area contributed by atoms with Crippen LogP contribution in [-0.4, -0.2) is 77.6 Å². The minimum atomic E-state index is -0.600. The first-order valence-corrected chi connectivity index (χ1v) is 11.3. The number of guanidine groups is 1. The number of hydrogen-bond acceptors (Lipinski definition) is 7. The summed E-state index contributed by atoms with van der Waals surface area (Å²) in [7, 11) is 0. The molecule has 2 aromatic heterocycles. The van der Waals surface area contributed by atoms with Crippen molar-refractivity contribution in [1.82, 2.24) is 25.1 Å². The molecule has 2 fully saturated rings. The molecule has 2 saturated heterocycles. The number of piperidine rings is 1. The molecule has 158 valence electrons. The Balaban J connectivity index is 1.48. The van der Waals surface area contributed by atoms with Crippen molar-refractivity contribution in [2.75, 3.05) is 39.4 Å². The number of hydrogen-bond donors (Lipinski definition) is 2. The van der Waals surface area contributed by atoms with Crippen LogP contribution in [0.3, 0.4) is 0 Å². The summed E-state index contributed by atoms with van der Waals surface area (Å²) in [5.41, 5.74) is 0.688. The van der Waals surface area contributed by atoms with Crippen LogP contribution >= 0.6 is 11.3 Å². The summed E-state index contributed by atoms with van der Waals surface area (Å²) in [5, 5.41) is 9.13. The third-order valence-corrected chi connectivity index (χ3v) is 6.38. The first-order valence-electron chi connectivity index (χ1n) is 10.4. The van der Waals surface area contributed by atoms with Crippen molar-refractivity contribution in [3.8, 4) is 5.13 Å². The Hall–Kier alpha value is -2.56. The summed E-state index contributed by atoms with van der Waals surface area (Å²) < 4.78 is 7.38. The molecule has 10 heteroatoms. The molecule has 0 saturated carbocycles. The molecule has 0 radical (unpaired) electrons. The van der Waals surface area contributed by atoms with E-state index in [1.54, 1.807) is 0 Å². The number of amides is 1. The molecule has 5 rings (SSSR count). The molecule has 9 nitrogen and oxygen atoms in total. The monoisotopic (exact) mass is 427 g/mol. The van der Waals surface area contributed by atoms with Gasteiger partial charge in [0, 0.05) is 37.4 Å². The third-order valence-electron chi connectivity index (χ3n) is 5.50. The summed E-state index contributed by atoms with van der Waals surface area (Å²) >= 11 is 1.51. The Morgan fingerprint density at radius 1 is 1.23 bits per heavy atom. The van der Waals surface area contributed by atoms with E-state index in [1.165, 1.54) is 11.3 Å². The zero-order chi connectivity index (χ0) is 20.3. The van der Waals surface area contributed by atoms with Gasteiger partial charge in [-0.15, -0.1) is 11.3 Å². The molecule has 2 atom stereocenters. The molecule has 30 heavy (non-hydrogen) atoms. The fourth-order valence-electron chi connectivity index (χ4n) is 3.92. The molecule has 0 bridgehead atoms. The van der Waals surface area contributed by atoms with Crippen molar-refractivity contribution in [1.29, 1.82) is 0 Å². The van der Waals surface area contributed by atoms with Crippen molar-refractivity contribution in [3.05, 3.63) is 35.6 Å². The number of thiazole rings is 1. The lowest BCUT2D eigenvalue weighted by Crippen LogP contribution is -2.54. The number of ether oxygens (including phenoxy) is 1. The van der Waals surface area contributed by atoms with Gasteiger partial charge in [0.25, 0.3) is 0 Å². The van der Waals surface area contributed by atoms with Crippen LogP contribution in [0.5, 0.6) is 0 Å². The van der Waals surface area contributed by atoms with E-state index in [-0.39, 0.29) is 11.9 Å². The van der Waals surface area contributed by atoms with Crippen LogP contribution in [0.25, 0.3) is 5.13 Å². The van der Waals surface area contributed by atoms with Gasteiger partial charge in [-0.2, -0.15) is 4.99 Å². The lowest BCUT2D eigenvalue weighted by atomic mass is 10.0. The maximum atomic E-state index is 13.2. The molecule has 0 spiro atoms. The first kappa shape index (κ1) is 19.4. The summed E-state index contributed by atoms with van der Waals surface area (Å²) in [6.07, 6.45) is 5.97. The van der Waals surface area contributed by atoms with Gasteiger partial charge in [-0.05, 0) is 31.5 Å². The number of rotatable bonds is 3. The Morgan fingerprint density at radius 2 is 2.07 bits per heavy atom. The molecule has 0 aromatic carbocycles. The van der Waals surface area contributed by atoms with Crippen LogP contribution < -0.4 is 10.6 Å². The third kappa shape index (κ3) is 4.03. The van der Waals surface area contributed by atoms with E-state index >= 15 is 0 Å². The van der Waals surface area contributed by atoms with Gasteiger partial charge in [0.15, 0.2) is 5.13 Å². The second kappa shape index (κ2) is 8.66. The normalized spacial score (nSPS) is 26.5. The summed E-state index contributed by atoms with van der Waals surface area (Å²) in [6.45, 7) is 4.49. The lowest BCUT2D eigenvalue weighted by molar-refractivity contribution is -0.120.